The van der Waals surface area contributed by atoms with Gasteiger partial charge >= 0.3 is 0 Å². The molecule has 4 nitrogen and oxygen atoms in total. The van der Waals surface area contributed by atoms with Gasteiger partial charge < -0.3 is 5.11 Å². The Hall–Kier alpha value is -2.10. The fraction of sp³-hybridized carbons (Fsp3) is 0.500. The highest BCUT2D eigenvalue weighted by Gasteiger charge is 2.46. The molecule has 1 amide bonds. The van der Waals surface area contributed by atoms with Crippen LogP contribution in [0.1, 0.15) is 51.5 Å². The summed E-state index contributed by atoms with van der Waals surface area (Å²) >= 11 is 0. The van der Waals surface area contributed by atoms with Crippen molar-refractivity contribution in [2.24, 2.45) is 5.92 Å². The van der Waals surface area contributed by atoms with E-state index in [2.05, 4.69) is 6.92 Å². The second-order valence-corrected chi connectivity index (χ2v) is 6.86. The van der Waals surface area contributed by atoms with E-state index in [0.29, 0.717) is 5.57 Å². The van der Waals surface area contributed by atoms with E-state index in [1.807, 2.05) is 24.3 Å². The van der Waals surface area contributed by atoms with Crippen molar-refractivity contribution in [1.82, 2.24) is 0 Å². The lowest BCUT2D eigenvalue weighted by Crippen LogP contribution is -2.42. The average molecular weight is 327 g/mol. The van der Waals surface area contributed by atoms with Gasteiger partial charge in [-0.2, -0.15) is 0 Å². The van der Waals surface area contributed by atoms with Crippen LogP contribution >= 0.6 is 0 Å². The molecule has 4 heteroatoms. The standard InChI is InChI=1S/C20H25NO3/c1-3-14-9-11-16(12-10-14)21-18(15-7-5-4-6-8-15)17(13(2)22)19(23)20(21)24/h9-12,15,18,23H,3-8H2,1-2H3/t18-/m1/s1. The highest BCUT2D eigenvalue weighted by molar-refractivity contribution is 6.16. The maximum atomic E-state index is 12.7. The molecule has 2 aliphatic rings. The number of benzene rings is 1. The van der Waals surface area contributed by atoms with Gasteiger partial charge in [-0.05, 0) is 49.8 Å². The Kier molecular flexibility index (Phi) is 4.74. The molecule has 1 aromatic carbocycles. The summed E-state index contributed by atoms with van der Waals surface area (Å²) in [5, 5.41) is 10.3. The minimum atomic E-state index is -0.444. The summed E-state index contributed by atoms with van der Waals surface area (Å²) in [5.74, 6) is -0.779. The first-order valence-corrected chi connectivity index (χ1v) is 8.91. The van der Waals surface area contributed by atoms with Crippen molar-refractivity contribution in [2.75, 3.05) is 4.90 Å². The summed E-state index contributed by atoms with van der Waals surface area (Å²) in [5.41, 5.74) is 2.26. The number of aliphatic hydroxyl groups excluding tert-OH is 1. The van der Waals surface area contributed by atoms with Gasteiger partial charge in [0.1, 0.15) is 0 Å². The molecule has 1 aliphatic carbocycles. The second kappa shape index (κ2) is 6.80. The lowest BCUT2D eigenvalue weighted by molar-refractivity contribution is -0.117. The molecule has 3 rings (SSSR count). The van der Waals surface area contributed by atoms with Gasteiger partial charge in [0.2, 0.25) is 0 Å². The van der Waals surface area contributed by atoms with Crippen LogP contribution in [0, 0.1) is 5.92 Å². The quantitative estimate of drug-likeness (QED) is 0.911. The van der Waals surface area contributed by atoms with Crippen molar-refractivity contribution in [3.8, 4) is 0 Å². The van der Waals surface area contributed by atoms with Crippen LogP contribution < -0.4 is 4.90 Å². The number of ketones is 1. The largest absolute Gasteiger partial charge is 0.503 e. The third-order valence-corrected chi connectivity index (χ3v) is 5.35. The number of hydrogen-bond acceptors (Lipinski definition) is 3. The Labute approximate surface area is 143 Å². The molecule has 0 saturated heterocycles. The summed E-state index contributed by atoms with van der Waals surface area (Å²) in [6.45, 7) is 3.53. The van der Waals surface area contributed by atoms with Crippen molar-refractivity contribution in [1.29, 1.82) is 0 Å². The van der Waals surface area contributed by atoms with Crippen LogP contribution in [-0.4, -0.2) is 22.8 Å². The molecular weight excluding hydrogens is 302 g/mol. The molecule has 24 heavy (non-hydrogen) atoms. The van der Waals surface area contributed by atoms with Crippen LogP contribution in [0.15, 0.2) is 35.6 Å². The van der Waals surface area contributed by atoms with Crippen molar-refractivity contribution >= 4 is 17.4 Å². The zero-order valence-electron chi connectivity index (χ0n) is 14.4. The molecule has 1 aromatic rings. The number of carbonyl (C=O) groups excluding carboxylic acids is 2. The molecule has 128 valence electrons. The maximum Gasteiger partial charge on any atom is 0.294 e. The van der Waals surface area contributed by atoms with E-state index in [1.54, 1.807) is 4.90 Å². The van der Waals surface area contributed by atoms with Crippen LogP contribution in [0.5, 0.6) is 0 Å². The van der Waals surface area contributed by atoms with Crippen molar-refractivity contribution in [3.05, 3.63) is 41.2 Å². The number of carbonyl (C=O) groups is 2. The zero-order valence-corrected chi connectivity index (χ0v) is 14.4. The average Bonchev–Trinajstić information content (AvgIpc) is 2.87. The number of hydrogen-bond donors (Lipinski definition) is 1. The van der Waals surface area contributed by atoms with Gasteiger partial charge in [-0.25, -0.2) is 0 Å². The van der Waals surface area contributed by atoms with Crippen LogP contribution in [0.3, 0.4) is 0 Å². The van der Waals surface area contributed by atoms with E-state index in [4.69, 9.17) is 0 Å². The van der Waals surface area contributed by atoms with E-state index in [0.717, 1.165) is 37.8 Å². The first-order chi connectivity index (χ1) is 11.5. The van der Waals surface area contributed by atoms with Crippen molar-refractivity contribution < 1.29 is 14.7 Å². The summed E-state index contributed by atoms with van der Waals surface area (Å²) in [4.78, 5) is 26.5. The zero-order chi connectivity index (χ0) is 17.3. The summed E-state index contributed by atoms with van der Waals surface area (Å²) in [6, 6.07) is 7.52. The maximum absolute atomic E-state index is 12.7. The minimum Gasteiger partial charge on any atom is -0.503 e. The number of aryl methyl sites for hydroxylation is 1. The van der Waals surface area contributed by atoms with E-state index >= 15 is 0 Å². The molecule has 0 unspecified atom stereocenters. The van der Waals surface area contributed by atoms with Gasteiger partial charge in [0.25, 0.3) is 5.91 Å². The number of amides is 1. The highest BCUT2D eigenvalue weighted by Crippen LogP contribution is 2.40. The molecular formula is C20H25NO3. The van der Waals surface area contributed by atoms with Crippen molar-refractivity contribution in [3.63, 3.8) is 0 Å². The molecule has 0 aromatic heterocycles. The van der Waals surface area contributed by atoms with Gasteiger partial charge in [0.05, 0.1) is 11.6 Å². The number of nitrogens with zero attached hydrogens (tertiary/aromatic N) is 1. The summed E-state index contributed by atoms with van der Waals surface area (Å²) in [7, 11) is 0. The SMILES string of the molecule is CCc1ccc(N2C(=O)C(O)=C(C(C)=O)[C@H]2C2CCCCC2)cc1. The highest BCUT2D eigenvalue weighted by atomic mass is 16.3. The van der Waals surface area contributed by atoms with Crippen molar-refractivity contribution in [2.45, 2.75) is 58.4 Å². The molecule has 1 atom stereocenters. The Morgan fingerprint density at radius 2 is 1.79 bits per heavy atom. The molecule has 0 radical (unpaired) electrons. The molecule has 0 spiro atoms. The van der Waals surface area contributed by atoms with Crippen LogP contribution in [0.25, 0.3) is 0 Å². The Morgan fingerprint density at radius 1 is 1.17 bits per heavy atom. The molecule has 0 bridgehead atoms. The van der Waals surface area contributed by atoms with E-state index in [1.165, 1.54) is 18.9 Å². The third-order valence-electron chi connectivity index (χ3n) is 5.35. The van der Waals surface area contributed by atoms with E-state index in [9.17, 15) is 14.7 Å². The summed E-state index contributed by atoms with van der Waals surface area (Å²) < 4.78 is 0. The van der Waals surface area contributed by atoms with E-state index in [-0.39, 0.29) is 23.5 Å². The monoisotopic (exact) mass is 327 g/mol. The van der Waals surface area contributed by atoms with Gasteiger partial charge in [0, 0.05) is 5.69 Å². The van der Waals surface area contributed by atoms with Crippen LogP contribution in [-0.2, 0) is 16.0 Å². The Bertz CT molecular complexity index is 669. The van der Waals surface area contributed by atoms with Gasteiger partial charge in [0.15, 0.2) is 11.5 Å². The number of aliphatic hydroxyl groups is 1. The predicted molar refractivity (Wildman–Crippen MR) is 94.0 cm³/mol. The molecule has 1 heterocycles. The van der Waals surface area contributed by atoms with Gasteiger partial charge in [-0.1, -0.05) is 38.3 Å². The van der Waals surface area contributed by atoms with Gasteiger partial charge in [-0.3, -0.25) is 14.5 Å². The molecule has 1 fully saturated rings. The smallest absolute Gasteiger partial charge is 0.294 e. The fourth-order valence-electron chi connectivity index (χ4n) is 4.07. The third kappa shape index (κ3) is 2.85. The predicted octanol–water partition coefficient (Wildman–Crippen LogP) is 3.95. The van der Waals surface area contributed by atoms with E-state index < -0.39 is 5.91 Å². The molecule has 1 saturated carbocycles. The molecule has 1 N–H and O–H groups in total. The number of Topliss-reactive ketones (excluding diaryl/α,β-unsaturated/α-hetero) is 1. The number of anilines is 1. The second-order valence-electron chi connectivity index (χ2n) is 6.86. The molecule has 1 aliphatic heterocycles. The first kappa shape index (κ1) is 16.7. The Balaban J connectivity index is 2.01. The number of rotatable bonds is 4. The normalized spacial score (nSPS) is 22.3. The lowest BCUT2D eigenvalue weighted by atomic mass is 9.80. The van der Waals surface area contributed by atoms with Crippen LogP contribution in [0.4, 0.5) is 5.69 Å². The van der Waals surface area contributed by atoms with Crippen LogP contribution in [0.2, 0.25) is 0 Å². The Morgan fingerprint density at radius 3 is 2.33 bits per heavy atom. The summed E-state index contributed by atoms with van der Waals surface area (Å²) in [6.07, 6.45) is 6.35. The first-order valence-electron chi connectivity index (χ1n) is 8.91. The topological polar surface area (TPSA) is 57.6 Å². The van der Waals surface area contributed by atoms with Gasteiger partial charge in [-0.15, -0.1) is 0 Å². The minimum absolute atomic E-state index is 0.205. The fourth-order valence-corrected chi connectivity index (χ4v) is 4.07. The lowest BCUT2D eigenvalue weighted by Gasteiger charge is -2.35.